The smallest absolute Gasteiger partial charge is 0.394 e. The molecule has 1 fully saturated rings. The third-order valence-electron chi connectivity index (χ3n) is 3.90. The first-order chi connectivity index (χ1) is 8.99. The van der Waals surface area contributed by atoms with Crippen LogP contribution >= 0.6 is 0 Å². The van der Waals surface area contributed by atoms with E-state index < -0.39 is 33.3 Å². The first-order valence-electron chi connectivity index (χ1n) is 6.28. The van der Waals surface area contributed by atoms with Crippen LogP contribution in [0.1, 0.15) is 32.1 Å². The highest BCUT2D eigenvalue weighted by Gasteiger charge is 2.57. The summed E-state index contributed by atoms with van der Waals surface area (Å²) in [6.07, 6.45) is -4.32. The first kappa shape index (κ1) is 17.2. The lowest BCUT2D eigenvalue weighted by Crippen LogP contribution is -2.45. The largest absolute Gasteiger partial charge is 0.480 e. The lowest BCUT2D eigenvalue weighted by atomic mass is 9.66. The van der Waals surface area contributed by atoms with E-state index in [1.807, 2.05) is 0 Å². The van der Waals surface area contributed by atoms with Gasteiger partial charge in [0.2, 0.25) is 0 Å². The molecule has 1 unspecified atom stereocenters. The maximum atomic E-state index is 12.9. The van der Waals surface area contributed by atoms with Crippen molar-refractivity contribution >= 4 is 15.7 Å². The minimum atomic E-state index is -4.34. The predicted octanol–water partition coefficient (Wildman–Crippen LogP) is 1.96. The fourth-order valence-corrected chi connectivity index (χ4v) is 3.74. The molecule has 4 N–H and O–H groups in total. The topological polar surface area (TPSA) is 104 Å². The van der Waals surface area contributed by atoms with Crippen molar-refractivity contribution in [3.05, 3.63) is 0 Å². The van der Waals surface area contributed by atoms with Gasteiger partial charge in [-0.1, -0.05) is 6.42 Å². The van der Waals surface area contributed by atoms with Crippen LogP contribution in [0.5, 0.6) is 0 Å². The number of carbonyl (C=O) groups is 1. The van der Waals surface area contributed by atoms with Gasteiger partial charge in [0.1, 0.15) is 6.04 Å². The molecular weight excluding hydrogens is 297 g/mol. The van der Waals surface area contributed by atoms with Crippen LogP contribution in [0.25, 0.3) is 0 Å². The van der Waals surface area contributed by atoms with Crippen LogP contribution in [0.2, 0.25) is 0 Å². The van der Waals surface area contributed by atoms with Crippen LogP contribution in [0.4, 0.5) is 13.2 Å². The number of aliphatic carboxylic acids is 1. The second-order valence-corrected chi connectivity index (χ2v) is 7.78. The van der Waals surface area contributed by atoms with E-state index in [2.05, 4.69) is 0 Å². The summed E-state index contributed by atoms with van der Waals surface area (Å²) in [6, 6.07) is -1.23. The van der Waals surface area contributed by atoms with E-state index in [1.165, 1.54) is 0 Å². The molecule has 1 saturated carbocycles. The Bertz CT molecular complexity index is 458. The van der Waals surface area contributed by atoms with Crippen LogP contribution in [0.15, 0.2) is 0 Å². The molecule has 20 heavy (non-hydrogen) atoms. The lowest BCUT2D eigenvalue weighted by Gasteiger charge is -2.43. The fourth-order valence-electron chi connectivity index (χ4n) is 2.18. The number of carboxylic acid groups (broad SMARTS) is 1. The van der Waals surface area contributed by atoms with Gasteiger partial charge in [-0.05, 0) is 25.7 Å². The summed E-state index contributed by atoms with van der Waals surface area (Å²) in [5, 5.41) is 8.56. The average molecular weight is 316 g/mol. The summed E-state index contributed by atoms with van der Waals surface area (Å²) >= 11 is 0. The zero-order valence-electron chi connectivity index (χ0n) is 10.9. The maximum absolute atomic E-state index is 12.9. The fraction of sp³-hybridized carbons (Fsp3) is 0.909. The Morgan fingerprint density at radius 3 is 2.30 bits per heavy atom. The van der Waals surface area contributed by atoms with Gasteiger partial charge in [-0.2, -0.15) is 13.2 Å². The van der Waals surface area contributed by atoms with Crippen molar-refractivity contribution in [3.63, 3.8) is 0 Å². The number of carboxylic acids is 1. The van der Waals surface area contributed by atoms with E-state index in [9.17, 15) is 22.2 Å². The summed E-state index contributed by atoms with van der Waals surface area (Å²) in [4.78, 5) is 10.5. The Kier molecular flexibility index (Phi) is 5.07. The number of hydrogen-bond acceptors (Lipinski definition) is 4. The molecule has 1 aliphatic rings. The van der Waals surface area contributed by atoms with Crippen molar-refractivity contribution in [1.82, 2.24) is 0 Å². The van der Waals surface area contributed by atoms with E-state index in [1.54, 1.807) is 0 Å². The van der Waals surface area contributed by atoms with Gasteiger partial charge >= 0.3 is 12.1 Å². The van der Waals surface area contributed by atoms with E-state index >= 15 is 0 Å². The number of nitrogens with two attached hydrogens (primary N) is 1. The van der Waals surface area contributed by atoms with Gasteiger partial charge in [-0.15, -0.1) is 0 Å². The summed E-state index contributed by atoms with van der Waals surface area (Å²) in [7, 11) is -3.22. The molecule has 5 nitrogen and oxygen atoms in total. The zero-order valence-corrected chi connectivity index (χ0v) is 11.7. The molecule has 0 bridgehead atoms. The van der Waals surface area contributed by atoms with Crippen LogP contribution in [-0.2, 0) is 14.5 Å². The van der Waals surface area contributed by atoms with Gasteiger partial charge in [-0.25, -0.2) is 4.21 Å². The number of nitrogens with one attached hydrogen (secondary N) is 1. The Morgan fingerprint density at radius 1 is 1.40 bits per heavy atom. The van der Waals surface area contributed by atoms with Crippen molar-refractivity contribution in [2.24, 2.45) is 11.1 Å². The van der Waals surface area contributed by atoms with Crippen LogP contribution in [-0.4, -0.2) is 39.0 Å². The number of alkyl halides is 3. The molecule has 1 aliphatic carbocycles. The Balaban J connectivity index is 2.53. The van der Waals surface area contributed by atoms with Gasteiger partial charge < -0.3 is 10.8 Å². The first-order valence-corrected chi connectivity index (χ1v) is 8.18. The van der Waals surface area contributed by atoms with Crippen LogP contribution < -0.4 is 5.73 Å². The molecule has 118 valence electrons. The monoisotopic (exact) mass is 316 g/mol. The maximum Gasteiger partial charge on any atom is 0.394 e. The highest BCUT2D eigenvalue weighted by molar-refractivity contribution is 7.92. The standard InChI is InChI=1S/C11H19F3N2O3S/c12-11(13,14)10(3-1-4-10)5-7-20(16,19)6-2-8(15)9(17)18/h8,16H,1-7,15H2,(H,17,18)/t8-,20?/m0/s1. The lowest BCUT2D eigenvalue weighted by molar-refractivity contribution is -0.251. The minimum Gasteiger partial charge on any atom is -0.480 e. The molecule has 0 amide bonds. The van der Waals surface area contributed by atoms with Gasteiger partial charge in [0.25, 0.3) is 0 Å². The zero-order chi connectivity index (χ0) is 15.6. The molecule has 0 aromatic carbocycles. The summed E-state index contributed by atoms with van der Waals surface area (Å²) in [6.45, 7) is 0. The minimum absolute atomic E-state index is 0.0145. The molecule has 1 rings (SSSR count). The Morgan fingerprint density at radius 2 is 1.95 bits per heavy atom. The Hall–Kier alpha value is -0.830. The van der Waals surface area contributed by atoms with E-state index in [4.69, 9.17) is 15.6 Å². The van der Waals surface area contributed by atoms with Crippen molar-refractivity contribution in [3.8, 4) is 0 Å². The number of hydrogen-bond donors (Lipinski definition) is 3. The summed E-state index contributed by atoms with van der Waals surface area (Å²) in [5.41, 5.74) is 3.42. The second kappa shape index (κ2) is 5.88. The molecule has 0 aromatic rings. The summed E-state index contributed by atoms with van der Waals surface area (Å²) in [5.74, 6) is -1.92. The SMILES string of the molecule is N=S(=O)(CC[C@H](N)C(=O)O)CCC1(C(F)(F)F)CCC1. The highest BCUT2D eigenvalue weighted by Crippen LogP contribution is 2.55. The molecule has 0 saturated heterocycles. The quantitative estimate of drug-likeness (QED) is 0.667. The van der Waals surface area contributed by atoms with Gasteiger partial charge in [0.15, 0.2) is 0 Å². The van der Waals surface area contributed by atoms with Gasteiger partial charge in [0.05, 0.1) is 5.41 Å². The molecule has 0 aromatic heterocycles. The van der Waals surface area contributed by atoms with Crippen molar-refractivity contribution in [2.75, 3.05) is 11.5 Å². The molecule has 0 heterocycles. The molecule has 0 aliphatic heterocycles. The third kappa shape index (κ3) is 4.08. The van der Waals surface area contributed by atoms with Gasteiger partial charge in [-0.3, -0.25) is 9.57 Å². The van der Waals surface area contributed by atoms with Crippen LogP contribution in [0.3, 0.4) is 0 Å². The van der Waals surface area contributed by atoms with E-state index in [0.717, 1.165) is 0 Å². The van der Waals surface area contributed by atoms with Crippen molar-refractivity contribution < 1.29 is 27.3 Å². The molecule has 2 atom stereocenters. The normalized spacial score (nSPS) is 22.6. The van der Waals surface area contributed by atoms with Crippen molar-refractivity contribution in [1.29, 1.82) is 4.78 Å². The summed E-state index contributed by atoms with van der Waals surface area (Å²) < 4.78 is 58.1. The van der Waals surface area contributed by atoms with Crippen molar-refractivity contribution in [2.45, 2.75) is 44.3 Å². The molecule has 0 spiro atoms. The second-order valence-electron chi connectivity index (χ2n) is 5.34. The number of rotatable bonds is 7. The van der Waals surface area contributed by atoms with Crippen LogP contribution in [0, 0.1) is 10.2 Å². The average Bonchev–Trinajstić information content (AvgIpc) is 2.22. The van der Waals surface area contributed by atoms with Gasteiger partial charge in [0, 0.05) is 21.2 Å². The molecule has 0 radical (unpaired) electrons. The number of halogens is 3. The Labute approximate surface area is 115 Å². The van der Waals surface area contributed by atoms with E-state index in [0.29, 0.717) is 6.42 Å². The highest BCUT2D eigenvalue weighted by atomic mass is 32.2. The molecular formula is C11H19F3N2O3S. The predicted molar refractivity (Wildman–Crippen MR) is 67.8 cm³/mol. The third-order valence-corrected chi connectivity index (χ3v) is 5.66. The van der Waals surface area contributed by atoms with E-state index in [-0.39, 0.29) is 37.2 Å². The molecule has 9 heteroatoms.